The number of nitriles is 1. The maximum atomic E-state index is 13.1. The lowest BCUT2D eigenvalue weighted by molar-refractivity contribution is 0.0283. The molecule has 11 heteroatoms. The number of aliphatic hydroxyl groups is 1. The van der Waals surface area contributed by atoms with Crippen molar-refractivity contribution in [3.63, 3.8) is 0 Å². The summed E-state index contributed by atoms with van der Waals surface area (Å²) in [6.45, 7) is 4.98. The minimum atomic E-state index is -3.65. The Kier molecular flexibility index (Phi) is 7.21. The Morgan fingerprint density at radius 2 is 1.90 bits per heavy atom. The lowest BCUT2D eigenvalue weighted by Crippen LogP contribution is -2.48. The summed E-state index contributed by atoms with van der Waals surface area (Å²) >= 11 is 0. The van der Waals surface area contributed by atoms with Gasteiger partial charge in [0, 0.05) is 49.1 Å². The van der Waals surface area contributed by atoms with Crippen molar-refractivity contribution < 1.29 is 18.3 Å². The second-order valence-electron chi connectivity index (χ2n) is 10.1. The van der Waals surface area contributed by atoms with Crippen LogP contribution in [0, 0.1) is 23.7 Å². The fourth-order valence-electron chi connectivity index (χ4n) is 4.52. The van der Waals surface area contributed by atoms with Gasteiger partial charge in [-0.15, -0.1) is 6.42 Å². The highest BCUT2D eigenvalue weighted by molar-refractivity contribution is 7.89. The molecule has 3 aromatic heterocycles. The number of terminal acetylenes is 1. The van der Waals surface area contributed by atoms with Crippen LogP contribution in [0.5, 0.6) is 5.75 Å². The summed E-state index contributed by atoms with van der Waals surface area (Å²) in [6.07, 6.45) is 10.3. The SMILES string of the molecule is C#Cc1cccc(S(=O)(=O)N2CCN(c3ccc(-c4cc(OCC(C)(C)O)cn5ncc(C#N)c45)cn3)CC2)c1. The molecular formula is C29H28N6O4S. The van der Waals surface area contributed by atoms with E-state index in [9.17, 15) is 18.8 Å². The molecule has 0 aliphatic carbocycles. The van der Waals surface area contributed by atoms with Crippen LogP contribution in [0.25, 0.3) is 16.6 Å². The number of aromatic nitrogens is 3. The van der Waals surface area contributed by atoms with Gasteiger partial charge in [0.15, 0.2) is 0 Å². The average Bonchev–Trinajstić information content (AvgIpc) is 3.39. The number of rotatable bonds is 7. The van der Waals surface area contributed by atoms with E-state index in [4.69, 9.17) is 11.2 Å². The lowest BCUT2D eigenvalue weighted by atomic mass is 10.1. The number of hydrogen-bond acceptors (Lipinski definition) is 8. The molecule has 0 radical (unpaired) electrons. The number of fused-ring (bicyclic) bond motifs is 1. The number of anilines is 1. The van der Waals surface area contributed by atoms with E-state index in [1.165, 1.54) is 16.6 Å². The highest BCUT2D eigenvalue weighted by Crippen LogP contribution is 2.32. The first-order valence-corrected chi connectivity index (χ1v) is 14.1. The van der Waals surface area contributed by atoms with Gasteiger partial charge in [0.25, 0.3) is 0 Å². The van der Waals surface area contributed by atoms with Crippen LogP contribution in [0.4, 0.5) is 5.82 Å². The molecule has 1 aliphatic heterocycles. The van der Waals surface area contributed by atoms with Crippen LogP contribution in [-0.2, 0) is 10.0 Å². The van der Waals surface area contributed by atoms with E-state index in [0.717, 1.165) is 11.4 Å². The Morgan fingerprint density at radius 3 is 2.55 bits per heavy atom. The molecule has 4 aromatic rings. The van der Waals surface area contributed by atoms with Gasteiger partial charge in [0.2, 0.25) is 10.0 Å². The molecule has 0 bridgehead atoms. The fraction of sp³-hybridized carbons (Fsp3) is 0.276. The summed E-state index contributed by atoms with van der Waals surface area (Å²) in [4.78, 5) is 6.87. The molecule has 40 heavy (non-hydrogen) atoms. The molecule has 10 nitrogen and oxygen atoms in total. The average molecular weight is 557 g/mol. The molecule has 0 saturated carbocycles. The fourth-order valence-corrected chi connectivity index (χ4v) is 5.99. The summed E-state index contributed by atoms with van der Waals surface area (Å²) < 4.78 is 35.1. The number of sulfonamides is 1. The molecule has 0 spiro atoms. The van der Waals surface area contributed by atoms with Gasteiger partial charge in [-0.25, -0.2) is 17.9 Å². The smallest absolute Gasteiger partial charge is 0.243 e. The molecule has 0 unspecified atom stereocenters. The predicted molar refractivity (Wildman–Crippen MR) is 150 cm³/mol. The van der Waals surface area contributed by atoms with Crippen LogP contribution in [-0.4, -0.2) is 70.8 Å². The molecule has 1 saturated heterocycles. The van der Waals surface area contributed by atoms with Crippen molar-refractivity contribution in [3.05, 3.63) is 72.2 Å². The third kappa shape index (κ3) is 5.49. The predicted octanol–water partition coefficient (Wildman–Crippen LogP) is 2.91. The number of pyridine rings is 2. The van der Waals surface area contributed by atoms with Crippen LogP contribution in [0.2, 0.25) is 0 Å². The van der Waals surface area contributed by atoms with E-state index in [0.29, 0.717) is 54.1 Å². The molecule has 204 valence electrons. The summed E-state index contributed by atoms with van der Waals surface area (Å²) in [5.74, 6) is 3.69. The van der Waals surface area contributed by atoms with Crippen molar-refractivity contribution in [1.29, 1.82) is 5.26 Å². The van der Waals surface area contributed by atoms with E-state index in [2.05, 4.69) is 22.1 Å². The van der Waals surface area contributed by atoms with Gasteiger partial charge in [-0.3, -0.25) is 0 Å². The van der Waals surface area contributed by atoms with Crippen LogP contribution in [0.15, 0.2) is 66.0 Å². The molecule has 1 fully saturated rings. The third-order valence-corrected chi connectivity index (χ3v) is 8.45. The van der Waals surface area contributed by atoms with Crippen molar-refractivity contribution >= 4 is 21.4 Å². The number of benzene rings is 1. The largest absolute Gasteiger partial charge is 0.489 e. The standard InChI is InChI=1S/C29H28N6O4S/c1-4-21-6-5-7-25(14-21)40(37,38)34-12-10-33(11-13-34)27-9-8-22(17-31-27)26-15-24(39-20-29(2,3)36)19-35-28(26)23(16-30)18-32-35/h1,5-9,14-15,17-19,36H,10-13,20H2,2-3H3. The summed E-state index contributed by atoms with van der Waals surface area (Å²) in [6, 6.07) is 14.2. The Hall–Kier alpha value is -4.42. The summed E-state index contributed by atoms with van der Waals surface area (Å²) in [7, 11) is -3.65. The normalized spacial score (nSPS) is 14.6. The van der Waals surface area contributed by atoms with Gasteiger partial charge in [0.05, 0.1) is 34.0 Å². The quantitative estimate of drug-likeness (QED) is 0.345. The number of nitrogens with zero attached hydrogens (tertiary/aromatic N) is 6. The zero-order valence-corrected chi connectivity index (χ0v) is 23.0. The first-order valence-electron chi connectivity index (χ1n) is 12.6. The van der Waals surface area contributed by atoms with Gasteiger partial charge in [0.1, 0.15) is 24.2 Å². The van der Waals surface area contributed by atoms with E-state index in [1.807, 2.05) is 17.0 Å². The van der Waals surface area contributed by atoms with Crippen LogP contribution >= 0.6 is 0 Å². The summed E-state index contributed by atoms with van der Waals surface area (Å²) in [5, 5.41) is 24.0. The highest BCUT2D eigenvalue weighted by Gasteiger charge is 2.29. The molecule has 0 amide bonds. The van der Waals surface area contributed by atoms with Gasteiger partial charge >= 0.3 is 0 Å². The van der Waals surface area contributed by atoms with Crippen molar-refractivity contribution in [3.8, 4) is 35.3 Å². The number of hydrogen-bond donors (Lipinski definition) is 1. The second kappa shape index (κ2) is 10.6. The Labute approximate surface area is 233 Å². The minimum Gasteiger partial charge on any atom is -0.489 e. The first-order chi connectivity index (χ1) is 19.1. The topological polar surface area (TPSA) is 124 Å². The lowest BCUT2D eigenvalue weighted by Gasteiger charge is -2.34. The van der Waals surface area contributed by atoms with Crippen LogP contribution in [0.1, 0.15) is 25.0 Å². The molecule has 1 N–H and O–H groups in total. The van der Waals surface area contributed by atoms with Gasteiger partial charge < -0.3 is 14.7 Å². The Balaban J connectivity index is 1.35. The Bertz CT molecular complexity index is 1740. The van der Waals surface area contributed by atoms with E-state index in [-0.39, 0.29) is 11.5 Å². The van der Waals surface area contributed by atoms with Crippen molar-refractivity contribution in [2.45, 2.75) is 24.3 Å². The number of piperazine rings is 1. The van der Waals surface area contributed by atoms with E-state index in [1.54, 1.807) is 55.0 Å². The zero-order chi connectivity index (χ0) is 28.5. The number of ether oxygens (including phenoxy) is 1. The van der Waals surface area contributed by atoms with Crippen molar-refractivity contribution in [1.82, 2.24) is 18.9 Å². The van der Waals surface area contributed by atoms with Crippen LogP contribution in [0.3, 0.4) is 0 Å². The first kappa shape index (κ1) is 27.2. The molecule has 5 rings (SSSR count). The van der Waals surface area contributed by atoms with E-state index >= 15 is 0 Å². The highest BCUT2D eigenvalue weighted by atomic mass is 32.2. The zero-order valence-electron chi connectivity index (χ0n) is 22.1. The molecule has 4 heterocycles. The second-order valence-corrected chi connectivity index (χ2v) is 12.1. The van der Waals surface area contributed by atoms with Gasteiger partial charge in [-0.2, -0.15) is 14.7 Å². The van der Waals surface area contributed by atoms with Crippen LogP contribution < -0.4 is 9.64 Å². The van der Waals surface area contributed by atoms with Crippen molar-refractivity contribution in [2.75, 3.05) is 37.7 Å². The molecule has 1 aliphatic rings. The molecule has 1 aromatic carbocycles. The minimum absolute atomic E-state index is 0.0819. The Morgan fingerprint density at radius 1 is 1.12 bits per heavy atom. The summed E-state index contributed by atoms with van der Waals surface area (Å²) in [5.41, 5.74) is 2.02. The van der Waals surface area contributed by atoms with Crippen molar-refractivity contribution in [2.24, 2.45) is 0 Å². The molecular weight excluding hydrogens is 528 g/mol. The molecule has 0 atom stereocenters. The monoisotopic (exact) mass is 556 g/mol. The van der Waals surface area contributed by atoms with Gasteiger partial charge in [-0.05, 0) is 50.2 Å². The van der Waals surface area contributed by atoms with Gasteiger partial charge in [-0.1, -0.05) is 12.0 Å². The third-order valence-electron chi connectivity index (χ3n) is 6.56. The van der Waals surface area contributed by atoms with E-state index < -0.39 is 15.6 Å². The maximum absolute atomic E-state index is 13.1. The maximum Gasteiger partial charge on any atom is 0.243 e.